The molecular weight excluding hydrogens is 212 g/mol. The van der Waals surface area contributed by atoms with Crippen LogP contribution in [0.25, 0.3) is 0 Å². The summed E-state index contributed by atoms with van der Waals surface area (Å²) in [6.07, 6.45) is 0.845. The Balaban J connectivity index is 3.86. The van der Waals surface area contributed by atoms with Crippen LogP contribution < -0.4 is 10.6 Å². The fourth-order valence-electron chi connectivity index (χ4n) is 1.07. The van der Waals surface area contributed by atoms with Crippen molar-refractivity contribution in [1.82, 2.24) is 10.6 Å². The third-order valence-electron chi connectivity index (χ3n) is 2.03. The molecule has 0 saturated carbocycles. The second-order valence-corrected chi connectivity index (χ2v) is 3.99. The lowest BCUT2D eigenvalue weighted by Gasteiger charge is -2.14. The molecule has 0 bridgehead atoms. The first-order valence-electron chi connectivity index (χ1n) is 5.35. The third-order valence-corrected chi connectivity index (χ3v) is 2.03. The first kappa shape index (κ1) is 14.7. The van der Waals surface area contributed by atoms with Crippen LogP contribution in [0.5, 0.6) is 0 Å². The van der Waals surface area contributed by atoms with E-state index < -0.39 is 18.0 Å². The number of aliphatic hydroxyl groups excluding tert-OH is 1. The third kappa shape index (κ3) is 7.05. The van der Waals surface area contributed by atoms with Crippen molar-refractivity contribution in [2.24, 2.45) is 5.92 Å². The summed E-state index contributed by atoms with van der Waals surface area (Å²) >= 11 is 0. The SMILES string of the molecule is CC(C)CCNC(=O)N[C@H](CCO)C(=O)O. The Morgan fingerprint density at radius 1 is 1.25 bits per heavy atom. The summed E-state index contributed by atoms with van der Waals surface area (Å²) in [5.74, 6) is -0.666. The van der Waals surface area contributed by atoms with Crippen molar-refractivity contribution in [3.05, 3.63) is 0 Å². The van der Waals surface area contributed by atoms with Gasteiger partial charge in [-0.3, -0.25) is 0 Å². The van der Waals surface area contributed by atoms with Crippen LogP contribution in [0.15, 0.2) is 0 Å². The number of nitrogens with one attached hydrogen (secondary N) is 2. The summed E-state index contributed by atoms with van der Waals surface area (Å²) in [5.41, 5.74) is 0. The Hall–Kier alpha value is -1.30. The molecule has 94 valence electrons. The molecule has 4 N–H and O–H groups in total. The monoisotopic (exact) mass is 232 g/mol. The highest BCUT2D eigenvalue weighted by Crippen LogP contribution is 1.96. The van der Waals surface area contributed by atoms with Crippen molar-refractivity contribution < 1.29 is 19.8 Å². The first-order valence-corrected chi connectivity index (χ1v) is 5.35. The molecule has 6 nitrogen and oxygen atoms in total. The summed E-state index contributed by atoms with van der Waals surface area (Å²) in [4.78, 5) is 21.9. The molecule has 1 atom stereocenters. The van der Waals surface area contributed by atoms with Gasteiger partial charge in [-0.1, -0.05) is 13.8 Å². The minimum Gasteiger partial charge on any atom is -0.480 e. The summed E-state index contributed by atoms with van der Waals surface area (Å²) in [7, 11) is 0. The van der Waals surface area contributed by atoms with E-state index in [9.17, 15) is 9.59 Å². The van der Waals surface area contributed by atoms with E-state index in [2.05, 4.69) is 10.6 Å². The van der Waals surface area contributed by atoms with Crippen molar-refractivity contribution in [3.8, 4) is 0 Å². The highest BCUT2D eigenvalue weighted by Gasteiger charge is 2.18. The maximum absolute atomic E-state index is 11.2. The Bertz CT molecular complexity index is 231. The van der Waals surface area contributed by atoms with E-state index in [0.29, 0.717) is 12.5 Å². The lowest BCUT2D eigenvalue weighted by atomic mass is 10.1. The number of hydrogen-bond donors (Lipinski definition) is 4. The lowest BCUT2D eigenvalue weighted by molar-refractivity contribution is -0.139. The van der Waals surface area contributed by atoms with E-state index in [0.717, 1.165) is 6.42 Å². The number of carboxylic acid groups (broad SMARTS) is 1. The van der Waals surface area contributed by atoms with E-state index in [1.807, 2.05) is 13.8 Å². The average Bonchev–Trinajstić information content (AvgIpc) is 2.16. The van der Waals surface area contributed by atoms with Gasteiger partial charge in [-0.2, -0.15) is 0 Å². The van der Waals surface area contributed by atoms with E-state index in [4.69, 9.17) is 10.2 Å². The van der Waals surface area contributed by atoms with E-state index in [1.165, 1.54) is 0 Å². The molecule has 0 aromatic carbocycles. The number of urea groups is 1. The number of hydrogen-bond acceptors (Lipinski definition) is 3. The fraction of sp³-hybridized carbons (Fsp3) is 0.800. The van der Waals surface area contributed by atoms with Gasteiger partial charge in [-0.05, 0) is 12.3 Å². The number of carbonyl (C=O) groups excluding carboxylic acids is 1. The van der Waals surface area contributed by atoms with Crippen LogP contribution in [0.2, 0.25) is 0 Å². The smallest absolute Gasteiger partial charge is 0.326 e. The van der Waals surface area contributed by atoms with Gasteiger partial charge in [-0.15, -0.1) is 0 Å². The molecule has 0 radical (unpaired) electrons. The van der Waals surface area contributed by atoms with Crippen LogP contribution in [-0.2, 0) is 4.79 Å². The second-order valence-electron chi connectivity index (χ2n) is 3.99. The molecular formula is C10H20N2O4. The number of amides is 2. The predicted molar refractivity (Wildman–Crippen MR) is 59.1 cm³/mol. The van der Waals surface area contributed by atoms with Crippen molar-refractivity contribution in [2.75, 3.05) is 13.2 Å². The van der Waals surface area contributed by atoms with Gasteiger partial charge in [-0.25, -0.2) is 9.59 Å². The maximum Gasteiger partial charge on any atom is 0.326 e. The van der Waals surface area contributed by atoms with E-state index >= 15 is 0 Å². The van der Waals surface area contributed by atoms with Gasteiger partial charge in [0, 0.05) is 19.6 Å². The highest BCUT2D eigenvalue weighted by molar-refractivity contribution is 5.82. The predicted octanol–water partition coefficient (Wildman–Crippen LogP) is 0.167. The Morgan fingerprint density at radius 2 is 1.88 bits per heavy atom. The lowest BCUT2D eigenvalue weighted by Crippen LogP contribution is -2.46. The van der Waals surface area contributed by atoms with Crippen molar-refractivity contribution in [3.63, 3.8) is 0 Å². The molecule has 2 amide bonds. The Labute approximate surface area is 95.0 Å². The number of aliphatic hydroxyl groups is 1. The molecule has 6 heteroatoms. The minimum atomic E-state index is -1.15. The molecule has 0 rings (SSSR count). The van der Waals surface area contributed by atoms with Gasteiger partial charge < -0.3 is 20.8 Å². The van der Waals surface area contributed by atoms with Crippen LogP contribution >= 0.6 is 0 Å². The first-order chi connectivity index (χ1) is 7.47. The molecule has 0 fully saturated rings. The molecule has 0 unspecified atom stereocenters. The van der Waals surface area contributed by atoms with Crippen LogP contribution in [0, 0.1) is 5.92 Å². The number of carboxylic acids is 1. The van der Waals surface area contributed by atoms with Gasteiger partial charge in [0.15, 0.2) is 0 Å². The number of rotatable bonds is 7. The zero-order chi connectivity index (χ0) is 12.6. The molecule has 16 heavy (non-hydrogen) atoms. The zero-order valence-corrected chi connectivity index (χ0v) is 9.69. The normalized spacial score (nSPS) is 12.2. The molecule has 0 aromatic heterocycles. The topological polar surface area (TPSA) is 98.7 Å². The minimum absolute atomic E-state index is 0.00688. The largest absolute Gasteiger partial charge is 0.480 e. The zero-order valence-electron chi connectivity index (χ0n) is 9.69. The summed E-state index contributed by atoms with van der Waals surface area (Å²) in [6, 6.07) is -1.55. The fourth-order valence-corrected chi connectivity index (χ4v) is 1.07. The number of aliphatic carboxylic acids is 1. The van der Waals surface area contributed by atoms with Gasteiger partial charge >= 0.3 is 12.0 Å². The van der Waals surface area contributed by atoms with Crippen LogP contribution in [0.1, 0.15) is 26.7 Å². The van der Waals surface area contributed by atoms with E-state index in [1.54, 1.807) is 0 Å². The molecule has 0 saturated heterocycles. The molecule has 0 aliphatic carbocycles. The van der Waals surface area contributed by atoms with Crippen LogP contribution in [0.4, 0.5) is 4.79 Å². The Morgan fingerprint density at radius 3 is 2.31 bits per heavy atom. The summed E-state index contributed by atoms with van der Waals surface area (Å²) < 4.78 is 0. The Kier molecular flexibility index (Phi) is 7.28. The number of carbonyl (C=O) groups is 2. The second kappa shape index (κ2) is 7.92. The molecule has 0 spiro atoms. The van der Waals surface area contributed by atoms with Gasteiger partial charge in [0.25, 0.3) is 0 Å². The molecule has 0 aromatic rings. The summed E-state index contributed by atoms with van der Waals surface area (Å²) in [6.45, 7) is 4.30. The summed E-state index contributed by atoms with van der Waals surface area (Å²) in [5, 5.41) is 22.2. The van der Waals surface area contributed by atoms with Crippen molar-refractivity contribution in [1.29, 1.82) is 0 Å². The van der Waals surface area contributed by atoms with Gasteiger partial charge in [0.1, 0.15) is 6.04 Å². The van der Waals surface area contributed by atoms with E-state index in [-0.39, 0.29) is 13.0 Å². The molecule has 0 aliphatic rings. The highest BCUT2D eigenvalue weighted by atomic mass is 16.4. The van der Waals surface area contributed by atoms with Crippen LogP contribution in [0.3, 0.4) is 0 Å². The van der Waals surface area contributed by atoms with Crippen molar-refractivity contribution >= 4 is 12.0 Å². The van der Waals surface area contributed by atoms with Gasteiger partial charge in [0.05, 0.1) is 0 Å². The maximum atomic E-state index is 11.2. The molecule has 0 aliphatic heterocycles. The van der Waals surface area contributed by atoms with Crippen molar-refractivity contribution in [2.45, 2.75) is 32.7 Å². The molecule has 0 heterocycles. The van der Waals surface area contributed by atoms with Gasteiger partial charge in [0.2, 0.25) is 0 Å². The average molecular weight is 232 g/mol. The quantitative estimate of drug-likeness (QED) is 0.502. The van der Waals surface area contributed by atoms with Crippen LogP contribution in [-0.4, -0.2) is 41.4 Å². The standard InChI is InChI=1S/C10H20N2O4/c1-7(2)3-5-11-10(16)12-8(4-6-13)9(14)15/h7-8,13H,3-6H2,1-2H3,(H,14,15)(H2,11,12,16)/t8-/m1/s1.